The van der Waals surface area contributed by atoms with Gasteiger partial charge in [-0.3, -0.25) is 14.7 Å². The molecule has 1 aromatic rings. The largest absolute Gasteiger partial charge is 0.389 e. The number of hydrogen-bond donors (Lipinski definition) is 1. The van der Waals surface area contributed by atoms with Crippen molar-refractivity contribution in [2.75, 3.05) is 20.1 Å². The maximum absolute atomic E-state index is 12.7. The molecule has 1 saturated heterocycles. The van der Waals surface area contributed by atoms with Gasteiger partial charge in [-0.15, -0.1) is 0 Å². The third-order valence-corrected chi connectivity index (χ3v) is 5.19. The summed E-state index contributed by atoms with van der Waals surface area (Å²) in [6.45, 7) is 4.04. The Morgan fingerprint density at radius 2 is 2.09 bits per heavy atom. The summed E-state index contributed by atoms with van der Waals surface area (Å²) in [4.78, 5) is 20.9. The summed E-state index contributed by atoms with van der Waals surface area (Å²) >= 11 is 0. The van der Waals surface area contributed by atoms with E-state index in [9.17, 15) is 9.90 Å². The molecule has 1 saturated carbocycles. The highest BCUT2D eigenvalue weighted by Gasteiger charge is 2.42. The van der Waals surface area contributed by atoms with E-state index in [4.69, 9.17) is 0 Å². The van der Waals surface area contributed by atoms with Gasteiger partial charge in [0.15, 0.2) is 0 Å². The van der Waals surface area contributed by atoms with E-state index in [0.29, 0.717) is 5.69 Å². The highest BCUT2D eigenvalue weighted by Crippen LogP contribution is 2.30. The Labute approximate surface area is 131 Å². The van der Waals surface area contributed by atoms with Gasteiger partial charge in [0, 0.05) is 19.3 Å². The van der Waals surface area contributed by atoms with Gasteiger partial charge in [-0.05, 0) is 57.3 Å². The molecule has 1 N–H and O–H groups in total. The van der Waals surface area contributed by atoms with Crippen LogP contribution in [0.1, 0.15) is 41.7 Å². The number of likely N-dealkylation sites (tertiary alicyclic amines) is 1. The van der Waals surface area contributed by atoms with Crippen LogP contribution in [0.5, 0.6) is 0 Å². The molecule has 1 aliphatic heterocycles. The molecule has 3 atom stereocenters. The number of carbonyl (C=O) groups excluding carboxylic acids is 1. The Kier molecular flexibility index (Phi) is 4.45. The molecule has 1 aliphatic carbocycles. The topological polar surface area (TPSA) is 56.7 Å². The Hall–Kier alpha value is -1.46. The first-order chi connectivity index (χ1) is 10.6. The molecule has 0 spiro atoms. The second-order valence-corrected chi connectivity index (χ2v) is 6.53. The summed E-state index contributed by atoms with van der Waals surface area (Å²) in [5.74, 6) is -0.0933. The smallest absolute Gasteiger partial charge is 0.272 e. The average Bonchev–Trinajstić information content (AvgIpc) is 3.15. The van der Waals surface area contributed by atoms with E-state index in [0.717, 1.165) is 31.5 Å². The summed E-state index contributed by atoms with van der Waals surface area (Å²) < 4.78 is 0. The van der Waals surface area contributed by atoms with Crippen LogP contribution >= 0.6 is 0 Å². The van der Waals surface area contributed by atoms with E-state index in [1.165, 1.54) is 12.8 Å². The fraction of sp³-hybridized carbons (Fsp3) is 0.647. The fourth-order valence-electron chi connectivity index (χ4n) is 3.86. The van der Waals surface area contributed by atoms with Gasteiger partial charge in [0.2, 0.25) is 0 Å². The highest BCUT2D eigenvalue weighted by molar-refractivity contribution is 5.93. The molecule has 5 heteroatoms. The van der Waals surface area contributed by atoms with Gasteiger partial charge in [0.05, 0.1) is 12.1 Å². The van der Waals surface area contributed by atoms with Gasteiger partial charge in [-0.1, -0.05) is 6.07 Å². The molecule has 5 nitrogen and oxygen atoms in total. The summed E-state index contributed by atoms with van der Waals surface area (Å²) in [7, 11) is 1.79. The lowest BCUT2D eigenvalue weighted by Crippen LogP contribution is -2.48. The molecule has 2 heterocycles. The SMILES string of the molecule is Cc1cccnc1C(=O)N(C)[C@@H]1CC[C@@H](N2CCCC2)[C@@H]1O. The molecule has 120 valence electrons. The molecule has 0 radical (unpaired) electrons. The van der Waals surface area contributed by atoms with Crippen molar-refractivity contribution in [1.82, 2.24) is 14.8 Å². The van der Waals surface area contributed by atoms with E-state index in [-0.39, 0.29) is 18.0 Å². The number of aryl methyl sites for hydroxylation is 1. The monoisotopic (exact) mass is 303 g/mol. The normalized spacial score (nSPS) is 29.0. The number of pyridine rings is 1. The second kappa shape index (κ2) is 6.34. The molecular formula is C17H25N3O2. The van der Waals surface area contributed by atoms with Crippen molar-refractivity contribution >= 4 is 5.91 Å². The van der Waals surface area contributed by atoms with Crippen LogP contribution in [0, 0.1) is 6.92 Å². The molecule has 2 aliphatic rings. The first-order valence-electron chi connectivity index (χ1n) is 8.20. The predicted molar refractivity (Wildman–Crippen MR) is 84.7 cm³/mol. The van der Waals surface area contributed by atoms with Crippen LogP contribution in [0.3, 0.4) is 0 Å². The summed E-state index contributed by atoms with van der Waals surface area (Å²) in [6.07, 6.45) is 5.44. The minimum atomic E-state index is -0.462. The zero-order chi connectivity index (χ0) is 15.7. The van der Waals surface area contributed by atoms with Gasteiger partial charge in [-0.2, -0.15) is 0 Å². The van der Waals surface area contributed by atoms with Gasteiger partial charge in [0.1, 0.15) is 5.69 Å². The number of rotatable bonds is 3. The Bertz CT molecular complexity index is 542. The van der Waals surface area contributed by atoms with E-state index in [1.807, 2.05) is 19.1 Å². The first-order valence-corrected chi connectivity index (χ1v) is 8.20. The van der Waals surface area contributed by atoms with Crippen molar-refractivity contribution in [3.63, 3.8) is 0 Å². The van der Waals surface area contributed by atoms with Crippen LogP contribution in [0.25, 0.3) is 0 Å². The number of aliphatic hydroxyl groups is 1. The lowest BCUT2D eigenvalue weighted by Gasteiger charge is -2.32. The first kappa shape index (κ1) is 15.4. The van der Waals surface area contributed by atoms with Crippen molar-refractivity contribution in [2.45, 2.75) is 50.8 Å². The molecule has 0 bridgehead atoms. The Morgan fingerprint density at radius 1 is 1.36 bits per heavy atom. The zero-order valence-electron chi connectivity index (χ0n) is 13.4. The standard InChI is InChI=1S/C17H25N3O2/c1-12-6-5-9-18-15(12)17(22)19(2)13-7-8-14(16(13)21)20-10-3-4-11-20/h5-6,9,13-14,16,21H,3-4,7-8,10-11H2,1-2H3/t13-,14-,16-/m1/s1. The third kappa shape index (κ3) is 2.75. The molecule has 0 aromatic carbocycles. The average molecular weight is 303 g/mol. The zero-order valence-corrected chi connectivity index (χ0v) is 13.4. The van der Waals surface area contributed by atoms with Crippen LogP contribution in [0.15, 0.2) is 18.3 Å². The van der Waals surface area contributed by atoms with E-state index in [2.05, 4.69) is 9.88 Å². The lowest BCUT2D eigenvalue weighted by molar-refractivity contribution is 0.0293. The third-order valence-electron chi connectivity index (χ3n) is 5.19. The number of aliphatic hydroxyl groups excluding tert-OH is 1. The van der Waals surface area contributed by atoms with E-state index >= 15 is 0 Å². The minimum absolute atomic E-state index is 0.0933. The van der Waals surface area contributed by atoms with Crippen LogP contribution < -0.4 is 0 Å². The predicted octanol–water partition coefficient (Wildman–Crippen LogP) is 1.45. The Morgan fingerprint density at radius 3 is 2.77 bits per heavy atom. The van der Waals surface area contributed by atoms with Crippen LogP contribution in [-0.4, -0.2) is 64.1 Å². The summed E-state index contributed by atoms with van der Waals surface area (Å²) in [5, 5.41) is 10.7. The van der Waals surface area contributed by atoms with Crippen molar-refractivity contribution in [3.05, 3.63) is 29.6 Å². The highest BCUT2D eigenvalue weighted by atomic mass is 16.3. The molecule has 22 heavy (non-hydrogen) atoms. The van der Waals surface area contributed by atoms with Crippen molar-refractivity contribution < 1.29 is 9.90 Å². The Balaban J connectivity index is 1.71. The van der Waals surface area contributed by atoms with Gasteiger partial charge in [-0.25, -0.2) is 0 Å². The summed E-state index contributed by atoms with van der Waals surface area (Å²) in [5.41, 5.74) is 1.37. The van der Waals surface area contributed by atoms with Crippen LogP contribution in [0.4, 0.5) is 0 Å². The molecule has 2 fully saturated rings. The minimum Gasteiger partial charge on any atom is -0.389 e. The number of nitrogens with zero attached hydrogens (tertiary/aromatic N) is 3. The second-order valence-electron chi connectivity index (χ2n) is 6.53. The van der Waals surface area contributed by atoms with Gasteiger partial charge < -0.3 is 10.0 Å². The molecule has 0 unspecified atom stereocenters. The molecule has 3 rings (SSSR count). The van der Waals surface area contributed by atoms with Crippen LogP contribution in [-0.2, 0) is 0 Å². The molecular weight excluding hydrogens is 278 g/mol. The maximum Gasteiger partial charge on any atom is 0.272 e. The van der Waals surface area contributed by atoms with Gasteiger partial charge >= 0.3 is 0 Å². The molecule has 1 amide bonds. The number of likely N-dealkylation sites (N-methyl/N-ethyl adjacent to an activating group) is 1. The van der Waals surface area contributed by atoms with Crippen molar-refractivity contribution in [2.24, 2.45) is 0 Å². The number of carbonyl (C=O) groups is 1. The lowest BCUT2D eigenvalue weighted by atomic mass is 10.1. The van der Waals surface area contributed by atoms with E-state index in [1.54, 1.807) is 18.1 Å². The van der Waals surface area contributed by atoms with Gasteiger partial charge in [0.25, 0.3) is 5.91 Å². The van der Waals surface area contributed by atoms with E-state index < -0.39 is 6.10 Å². The molecule has 1 aromatic heterocycles. The number of amides is 1. The quantitative estimate of drug-likeness (QED) is 0.918. The van der Waals surface area contributed by atoms with Crippen molar-refractivity contribution in [1.29, 1.82) is 0 Å². The fourth-order valence-corrected chi connectivity index (χ4v) is 3.86. The maximum atomic E-state index is 12.7. The van der Waals surface area contributed by atoms with Crippen molar-refractivity contribution in [3.8, 4) is 0 Å². The van der Waals surface area contributed by atoms with Crippen LogP contribution in [0.2, 0.25) is 0 Å². The summed E-state index contributed by atoms with van der Waals surface area (Å²) in [6, 6.07) is 3.82. The number of aromatic nitrogens is 1. The number of hydrogen-bond acceptors (Lipinski definition) is 4.